The number of hydrogen-bond donors (Lipinski definition) is 7. The lowest BCUT2D eigenvalue weighted by molar-refractivity contribution is -0.332. The Bertz CT molecular complexity index is 1310. The number of aliphatic hydroxyl groups is 7. The predicted molar refractivity (Wildman–Crippen MR) is 257 cm³/mol. The second kappa shape index (κ2) is 39.4. The molecule has 11 unspecified atom stereocenters. The first-order valence-electron chi connectivity index (χ1n) is 26.1. The molecule has 0 radical (unpaired) electrons. The molecule has 390 valence electrons. The lowest BCUT2D eigenvalue weighted by Gasteiger charge is -2.42. The Kier molecular flexibility index (Phi) is 35.8. The third-order valence-corrected chi connectivity index (χ3v) is 12.3. The summed E-state index contributed by atoms with van der Waals surface area (Å²) in [5.74, 6) is -0.939. The van der Waals surface area contributed by atoms with Crippen molar-refractivity contribution in [3.05, 3.63) is 36.5 Å². The monoisotopic (exact) mass is 957 g/mol. The molecule has 2 fully saturated rings. The summed E-state index contributed by atoms with van der Waals surface area (Å²) >= 11 is 0. The highest BCUT2D eigenvalue weighted by atomic mass is 16.7. The van der Waals surface area contributed by atoms with Gasteiger partial charge in [0.15, 0.2) is 18.7 Å². The summed E-state index contributed by atoms with van der Waals surface area (Å²) in [5.41, 5.74) is 0. The second-order valence-corrected chi connectivity index (χ2v) is 18.3. The molecule has 67 heavy (non-hydrogen) atoms. The molecular formula is C52H92O15. The highest BCUT2D eigenvalue weighted by Crippen LogP contribution is 2.26. The third-order valence-electron chi connectivity index (χ3n) is 12.3. The molecule has 0 aromatic carbocycles. The standard InChI is InChI=1S/C52H92O15/c1-3-5-7-9-11-13-15-17-18-19-20-21-22-23-25-27-29-31-33-35-44(55)65-40(37-62-43(54)34-32-30-28-26-24-16-14-12-10-8-6-4-2)38-63-51-50(61)48(59)46(57)42(67-51)39-64-52-49(60)47(58)45(56)41(36-53)66-52/h11-14,17-18,40-42,45-53,56-61H,3-10,15-16,19-39H2,1-2H3/b13-11-,14-12-,18-17-. The Morgan fingerprint density at radius 3 is 1.40 bits per heavy atom. The molecule has 0 aliphatic carbocycles. The van der Waals surface area contributed by atoms with Crippen LogP contribution in [0.2, 0.25) is 0 Å². The summed E-state index contributed by atoms with van der Waals surface area (Å²) < 4.78 is 33.6. The number of aliphatic hydroxyl groups excluding tert-OH is 7. The van der Waals surface area contributed by atoms with Gasteiger partial charge in [-0.1, -0.05) is 140 Å². The van der Waals surface area contributed by atoms with Crippen molar-refractivity contribution in [2.24, 2.45) is 0 Å². The SMILES string of the molecule is CCCCC/C=C\C/C=C\CCCCCCCCCCCC(=O)OC(COC(=O)CCCCCCC/C=C\CCCCC)COC1OC(COC2OC(CO)C(O)C(O)C2O)C(O)C(O)C1O. The molecule has 2 saturated heterocycles. The second-order valence-electron chi connectivity index (χ2n) is 18.3. The number of carbonyl (C=O) groups is 2. The summed E-state index contributed by atoms with van der Waals surface area (Å²) in [4.78, 5) is 25.7. The molecule has 2 rings (SSSR count). The maximum atomic E-state index is 13.0. The molecule has 2 aliphatic heterocycles. The van der Waals surface area contributed by atoms with E-state index in [2.05, 4.69) is 50.3 Å². The van der Waals surface area contributed by atoms with Crippen LogP contribution < -0.4 is 0 Å². The van der Waals surface area contributed by atoms with Gasteiger partial charge in [0.05, 0.1) is 19.8 Å². The fourth-order valence-corrected chi connectivity index (χ4v) is 8.01. The van der Waals surface area contributed by atoms with E-state index in [9.17, 15) is 45.3 Å². The number of carbonyl (C=O) groups excluding carboxylic acids is 2. The van der Waals surface area contributed by atoms with Crippen LogP contribution in [0.15, 0.2) is 36.5 Å². The molecule has 7 N–H and O–H groups in total. The molecule has 2 aliphatic rings. The molecular weight excluding hydrogens is 865 g/mol. The minimum atomic E-state index is -1.77. The predicted octanol–water partition coefficient (Wildman–Crippen LogP) is 7.32. The van der Waals surface area contributed by atoms with E-state index in [0.29, 0.717) is 12.8 Å². The van der Waals surface area contributed by atoms with E-state index in [0.717, 1.165) is 77.0 Å². The van der Waals surface area contributed by atoms with Gasteiger partial charge in [-0.15, -0.1) is 0 Å². The minimum Gasteiger partial charge on any atom is -0.462 e. The molecule has 2 heterocycles. The van der Waals surface area contributed by atoms with Gasteiger partial charge in [0.25, 0.3) is 0 Å². The Balaban J connectivity index is 1.80. The van der Waals surface area contributed by atoms with Crippen LogP contribution in [-0.2, 0) is 38.0 Å². The zero-order valence-electron chi connectivity index (χ0n) is 41.1. The first-order valence-corrected chi connectivity index (χ1v) is 26.1. The number of rotatable bonds is 40. The van der Waals surface area contributed by atoms with Crippen LogP contribution in [0.1, 0.15) is 187 Å². The largest absolute Gasteiger partial charge is 0.462 e. The highest BCUT2D eigenvalue weighted by molar-refractivity contribution is 5.70. The zero-order valence-corrected chi connectivity index (χ0v) is 41.1. The quantitative estimate of drug-likeness (QED) is 0.0181. The molecule has 11 atom stereocenters. The van der Waals surface area contributed by atoms with Crippen LogP contribution in [0.5, 0.6) is 0 Å². The van der Waals surface area contributed by atoms with Gasteiger partial charge >= 0.3 is 11.9 Å². The van der Waals surface area contributed by atoms with Gasteiger partial charge in [0, 0.05) is 12.8 Å². The molecule has 15 heteroatoms. The number of unbranched alkanes of at least 4 members (excludes halogenated alkanes) is 20. The number of hydrogen-bond acceptors (Lipinski definition) is 15. The number of esters is 2. The van der Waals surface area contributed by atoms with Crippen molar-refractivity contribution in [3.8, 4) is 0 Å². The molecule has 0 spiro atoms. The van der Waals surface area contributed by atoms with Gasteiger partial charge < -0.3 is 64.2 Å². The van der Waals surface area contributed by atoms with Crippen LogP contribution in [0.25, 0.3) is 0 Å². The number of allylic oxidation sites excluding steroid dienone is 6. The minimum absolute atomic E-state index is 0.159. The smallest absolute Gasteiger partial charge is 0.306 e. The van der Waals surface area contributed by atoms with E-state index in [-0.39, 0.29) is 26.1 Å². The summed E-state index contributed by atoms with van der Waals surface area (Å²) in [7, 11) is 0. The lowest BCUT2D eigenvalue weighted by Crippen LogP contribution is -2.61. The van der Waals surface area contributed by atoms with Gasteiger partial charge in [0.2, 0.25) is 0 Å². The van der Waals surface area contributed by atoms with E-state index in [1.165, 1.54) is 70.6 Å². The van der Waals surface area contributed by atoms with E-state index >= 15 is 0 Å². The van der Waals surface area contributed by atoms with Crippen molar-refractivity contribution in [3.63, 3.8) is 0 Å². The van der Waals surface area contributed by atoms with Crippen LogP contribution >= 0.6 is 0 Å². The van der Waals surface area contributed by atoms with Crippen molar-refractivity contribution in [2.45, 2.75) is 255 Å². The Hall–Kier alpha value is -2.28. The van der Waals surface area contributed by atoms with Crippen molar-refractivity contribution < 1.29 is 73.8 Å². The van der Waals surface area contributed by atoms with Crippen molar-refractivity contribution in [1.82, 2.24) is 0 Å². The van der Waals surface area contributed by atoms with Gasteiger partial charge in [-0.25, -0.2) is 0 Å². The van der Waals surface area contributed by atoms with Gasteiger partial charge in [-0.3, -0.25) is 9.59 Å². The lowest BCUT2D eigenvalue weighted by atomic mass is 9.98. The van der Waals surface area contributed by atoms with Crippen molar-refractivity contribution in [1.29, 1.82) is 0 Å². The van der Waals surface area contributed by atoms with Crippen LogP contribution in [0, 0.1) is 0 Å². The van der Waals surface area contributed by atoms with E-state index in [1.807, 2.05) is 0 Å². The molecule has 0 saturated carbocycles. The summed E-state index contributed by atoms with van der Waals surface area (Å²) in [6, 6.07) is 0. The van der Waals surface area contributed by atoms with Crippen molar-refractivity contribution >= 4 is 11.9 Å². The number of ether oxygens (including phenoxy) is 6. The first-order chi connectivity index (χ1) is 32.5. The van der Waals surface area contributed by atoms with Gasteiger partial charge in [-0.2, -0.15) is 0 Å². The normalized spacial score (nSPS) is 26.2. The fourth-order valence-electron chi connectivity index (χ4n) is 8.01. The highest BCUT2D eigenvalue weighted by Gasteiger charge is 2.47. The maximum Gasteiger partial charge on any atom is 0.306 e. The molecule has 0 aromatic rings. The van der Waals surface area contributed by atoms with Gasteiger partial charge in [0.1, 0.15) is 55.4 Å². The molecule has 0 amide bonds. The van der Waals surface area contributed by atoms with Crippen LogP contribution in [0.4, 0.5) is 0 Å². The van der Waals surface area contributed by atoms with Gasteiger partial charge in [-0.05, 0) is 70.6 Å². The molecule has 0 aromatic heterocycles. The summed E-state index contributed by atoms with van der Waals surface area (Å²) in [6.45, 7) is 2.53. The fraction of sp³-hybridized carbons (Fsp3) is 0.846. The van der Waals surface area contributed by atoms with Crippen LogP contribution in [0.3, 0.4) is 0 Å². The average Bonchev–Trinajstić information content (AvgIpc) is 3.32. The molecule has 15 nitrogen and oxygen atoms in total. The molecule has 0 bridgehead atoms. The first kappa shape index (κ1) is 60.8. The average molecular weight is 957 g/mol. The van der Waals surface area contributed by atoms with Crippen molar-refractivity contribution in [2.75, 3.05) is 26.4 Å². The topological polar surface area (TPSA) is 231 Å². The Morgan fingerprint density at radius 2 is 0.896 bits per heavy atom. The zero-order chi connectivity index (χ0) is 48.9. The van der Waals surface area contributed by atoms with E-state index in [1.54, 1.807) is 0 Å². The maximum absolute atomic E-state index is 13.0. The third kappa shape index (κ3) is 27.6. The summed E-state index contributed by atoms with van der Waals surface area (Å²) in [5, 5.41) is 72.1. The summed E-state index contributed by atoms with van der Waals surface area (Å²) in [6.07, 6.45) is 24.6. The van der Waals surface area contributed by atoms with E-state index < -0.39 is 92.7 Å². The Labute approximate surface area is 402 Å². The van der Waals surface area contributed by atoms with Crippen LogP contribution in [-0.4, -0.2) is 142 Å². The Morgan fingerprint density at radius 1 is 0.478 bits per heavy atom. The van der Waals surface area contributed by atoms with E-state index in [4.69, 9.17) is 28.4 Å².